The zero-order valence-corrected chi connectivity index (χ0v) is 9.92. The van der Waals surface area contributed by atoms with Crippen LogP contribution in [0.5, 0.6) is 0 Å². The van der Waals surface area contributed by atoms with Crippen LogP contribution in [0.2, 0.25) is 0 Å². The lowest BCUT2D eigenvalue weighted by Crippen LogP contribution is -2.46. The van der Waals surface area contributed by atoms with Crippen molar-refractivity contribution >= 4 is 0 Å². The minimum Gasteiger partial charge on any atom is -0.297 e. The van der Waals surface area contributed by atoms with Crippen molar-refractivity contribution in [1.82, 2.24) is 5.32 Å². The molecule has 0 saturated heterocycles. The monoisotopic (exact) mass is 220 g/mol. The zero-order valence-electron chi connectivity index (χ0n) is 9.92. The number of nitriles is 1. The van der Waals surface area contributed by atoms with Gasteiger partial charge in [-0.25, -0.2) is 4.39 Å². The van der Waals surface area contributed by atoms with Gasteiger partial charge in [0.2, 0.25) is 0 Å². The number of benzene rings is 1. The highest BCUT2D eigenvalue weighted by Gasteiger charge is 2.24. The highest BCUT2D eigenvalue weighted by Crippen LogP contribution is 2.14. The number of hydrogen-bond acceptors (Lipinski definition) is 2. The van der Waals surface area contributed by atoms with Crippen LogP contribution < -0.4 is 5.32 Å². The summed E-state index contributed by atoms with van der Waals surface area (Å²) in [5, 5.41) is 12.3. The van der Waals surface area contributed by atoms with Gasteiger partial charge in [-0.15, -0.1) is 0 Å². The summed E-state index contributed by atoms with van der Waals surface area (Å²) in [4.78, 5) is 0. The quantitative estimate of drug-likeness (QED) is 0.846. The van der Waals surface area contributed by atoms with Crippen LogP contribution in [0.4, 0.5) is 4.39 Å². The molecule has 3 heteroatoms. The van der Waals surface area contributed by atoms with E-state index < -0.39 is 5.54 Å². The maximum atomic E-state index is 13.0. The van der Waals surface area contributed by atoms with Crippen molar-refractivity contribution in [2.45, 2.75) is 38.8 Å². The van der Waals surface area contributed by atoms with Gasteiger partial charge in [0.25, 0.3) is 0 Å². The molecule has 0 fully saturated rings. The Morgan fingerprint density at radius 2 is 2.19 bits per heavy atom. The zero-order chi connectivity index (χ0) is 12.2. The first-order valence-electron chi connectivity index (χ1n) is 5.38. The van der Waals surface area contributed by atoms with Crippen LogP contribution in [0.3, 0.4) is 0 Å². The third-order valence-corrected chi connectivity index (χ3v) is 2.30. The standard InChI is InChI=1S/C13H17FN2/c1-10(2)16-13(3,9-15)8-11-5-4-6-12(14)7-11/h4-7,10,16H,8H2,1-3H3. The Bertz CT molecular complexity index is 395. The second-order valence-corrected chi connectivity index (χ2v) is 4.55. The van der Waals surface area contributed by atoms with Crippen LogP contribution in [-0.2, 0) is 6.42 Å². The molecular weight excluding hydrogens is 203 g/mol. The number of nitrogens with one attached hydrogen (secondary N) is 1. The summed E-state index contributed by atoms with van der Waals surface area (Å²) in [6, 6.07) is 8.84. The smallest absolute Gasteiger partial charge is 0.123 e. The molecule has 1 unspecified atom stereocenters. The van der Waals surface area contributed by atoms with Crippen molar-refractivity contribution in [2.24, 2.45) is 0 Å². The maximum Gasteiger partial charge on any atom is 0.123 e. The fraction of sp³-hybridized carbons (Fsp3) is 0.462. The molecule has 1 aromatic carbocycles. The van der Waals surface area contributed by atoms with Gasteiger partial charge in [-0.3, -0.25) is 5.32 Å². The molecule has 1 rings (SSSR count). The highest BCUT2D eigenvalue weighted by atomic mass is 19.1. The first-order chi connectivity index (χ1) is 7.45. The first kappa shape index (κ1) is 12.7. The van der Waals surface area contributed by atoms with E-state index in [0.29, 0.717) is 6.42 Å². The predicted molar refractivity (Wildman–Crippen MR) is 62.4 cm³/mol. The van der Waals surface area contributed by atoms with Crippen molar-refractivity contribution < 1.29 is 4.39 Å². The number of hydrogen-bond donors (Lipinski definition) is 1. The fourth-order valence-corrected chi connectivity index (χ4v) is 1.82. The Morgan fingerprint density at radius 3 is 2.69 bits per heavy atom. The van der Waals surface area contributed by atoms with E-state index in [-0.39, 0.29) is 11.9 Å². The maximum absolute atomic E-state index is 13.0. The molecule has 16 heavy (non-hydrogen) atoms. The molecule has 0 heterocycles. The molecule has 0 spiro atoms. The largest absolute Gasteiger partial charge is 0.297 e. The van der Waals surface area contributed by atoms with Gasteiger partial charge in [0.05, 0.1) is 6.07 Å². The van der Waals surface area contributed by atoms with E-state index in [1.807, 2.05) is 26.8 Å². The summed E-state index contributed by atoms with van der Waals surface area (Å²) in [7, 11) is 0. The molecule has 1 atom stereocenters. The fourth-order valence-electron chi connectivity index (χ4n) is 1.82. The molecular formula is C13H17FN2. The van der Waals surface area contributed by atoms with E-state index >= 15 is 0 Å². The second kappa shape index (κ2) is 5.09. The molecule has 1 N–H and O–H groups in total. The molecule has 0 amide bonds. The molecule has 0 aromatic heterocycles. The number of nitrogens with zero attached hydrogens (tertiary/aromatic N) is 1. The average Bonchev–Trinajstić information content (AvgIpc) is 2.16. The summed E-state index contributed by atoms with van der Waals surface area (Å²) in [6.07, 6.45) is 0.499. The number of rotatable bonds is 4. The van der Waals surface area contributed by atoms with Gasteiger partial charge in [-0.05, 0) is 38.5 Å². The van der Waals surface area contributed by atoms with Crippen LogP contribution in [0.1, 0.15) is 26.3 Å². The normalized spacial score (nSPS) is 14.5. The van der Waals surface area contributed by atoms with E-state index in [0.717, 1.165) is 5.56 Å². The Hall–Kier alpha value is -1.40. The lowest BCUT2D eigenvalue weighted by molar-refractivity contribution is 0.403. The molecule has 0 aliphatic carbocycles. The summed E-state index contributed by atoms with van der Waals surface area (Å²) < 4.78 is 13.0. The Morgan fingerprint density at radius 1 is 1.50 bits per heavy atom. The van der Waals surface area contributed by atoms with Crippen LogP contribution in [0.15, 0.2) is 24.3 Å². The molecule has 0 radical (unpaired) electrons. The molecule has 0 bridgehead atoms. The summed E-state index contributed by atoms with van der Waals surface area (Å²) >= 11 is 0. The highest BCUT2D eigenvalue weighted by molar-refractivity contribution is 5.22. The molecule has 1 aromatic rings. The minimum absolute atomic E-state index is 0.221. The second-order valence-electron chi connectivity index (χ2n) is 4.55. The van der Waals surface area contributed by atoms with Gasteiger partial charge in [-0.1, -0.05) is 12.1 Å². The van der Waals surface area contributed by atoms with E-state index in [1.165, 1.54) is 12.1 Å². The lowest BCUT2D eigenvalue weighted by Gasteiger charge is -2.25. The lowest BCUT2D eigenvalue weighted by atomic mass is 9.93. The van der Waals surface area contributed by atoms with E-state index in [4.69, 9.17) is 5.26 Å². The summed E-state index contributed by atoms with van der Waals surface area (Å²) in [6.45, 7) is 5.81. The van der Waals surface area contributed by atoms with Crippen LogP contribution in [0, 0.1) is 17.1 Å². The van der Waals surface area contributed by atoms with Crippen LogP contribution >= 0.6 is 0 Å². The average molecular weight is 220 g/mol. The Kier molecular flexibility index (Phi) is 4.03. The van der Waals surface area contributed by atoms with Crippen LogP contribution in [0.25, 0.3) is 0 Å². The van der Waals surface area contributed by atoms with Gasteiger partial charge in [0, 0.05) is 12.5 Å². The van der Waals surface area contributed by atoms with Crippen molar-refractivity contribution in [1.29, 1.82) is 5.26 Å². The predicted octanol–water partition coefficient (Wildman–Crippen LogP) is 2.65. The van der Waals surface area contributed by atoms with E-state index in [1.54, 1.807) is 6.07 Å². The van der Waals surface area contributed by atoms with Gasteiger partial charge in [-0.2, -0.15) is 5.26 Å². The summed E-state index contributed by atoms with van der Waals surface area (Å²) in [5.41, 5.74) is 0.180. The SMILES string of the molecule is CC(C)NC(C)(C#N)Cc1cccc(F)c1. The van der Waals surface area contributed by atoms with Crippen molar-refractivity contribution in [2.75, 3.05) is 0 Å². The van der Waals surface area contributed by atoms with Gasteiger partial charge < -0.3 is 0 Å². The van der Waals surface area contributed by atoms with E-state index in [9.17, 15) is 4.39 Å². The molecule has 0 aliphatic rings. The third kappa shape index (κ3) is 3.63. The molecule has 0 aliphatic heterocycles. The third-order valence-electron chi connectivity index (χ3n) is 2.30. The van der Waals surface area contributed by atoms with E-state index in [2.05, 4.69) is 11.4 Å². The van der Waals surface area contributed by atoms with Gasteiger partial charge >= 0.3 is 0 Å². The van der Waals surface area contributed by atoms with Crippen molar-refractivity contribution in [3.05, 3.63) is 35.6 Å². The minimum atomic E-state index is -0.651. The molecule has 86 valence electrons. The molecule has 2 nitrogen and oxygen atoms in total. The van der Waals surface area contributed by atoms with Crippen molar-refractivity contribution in [3.63, 3.8) is 0 Å². The molecule has 0 saturated carbocycles. The summed E-state index contributed by atoms with van der Waals surface area (Å²) in [5.74, 6) is -0.262. The Balaban J connectivity index is 2.81. The first-order valence-corrected chi connectivity index (χ1v) is 5.38. The van der Waals surface area contributed by atoms with Crippen molar-refractivity contribution in [3.8, 4) is 6.07 Å². The van der Waals surface area contributed by atoms with Gasteiger partial charge in [0.1, 0.15) is 11.4 Å². The topological polar surface area (TPSA) is 35.8 Å². The Labute approximate surface area is 96.1 Å². The number of halogens is 1. The van der Waals surface area contributed by atoms with Crippen LogP contribution in [-0.4, -0.2) is 11.6 Å². The van der Waals surface area contributed by atoms with Gasteiger partial charge in [0.15, 0.2) is 0 Å².